The quantitative estimate of drug-likeness (QED) is 0.612. The number of hydrogen-bond acceptors (Lipinski definition) is 5. The third kappa shape index (κ3) is 5.41. The summed E-state index contributed by atoms with van der Waals surface area (Å²) in [5, 5.41) is 0.0572. The Hall–Kier alpha value is -1.64. The second kappa shape index (κ2) is 9.88. The number of benzene rings is 1. The number of amides is 1. The molecule has 172 valence electrons. The van der Waals surface area contributed by atoms with E-state index in [9.17, 15) is 18.0 Å². The molecule has 0 aromatic heterocycles. The summed E-state index contributed by atoms with van der Waals surface area (Å²) in [7, 11) is -3.83. The molecule has 2 fully saturated rings. The molecule has 31 heavy (non-hydrogen) atoms. The van der Waals surface area contributed by atoms with E-state index in [1.54, 1.807) is 4.90 Å². The van der Waals surface area contributed by atoms with Gasteiger partial charge < -0.3 is 9.64 Å². The molecule has 1 aromatic carbocycles. The molecule has 2 saturated heterocycles. The van der Waals surface area contributed by atoms with Crippen LogP contribution in [0.25, 0.3) is 0 Å². The predicted molar refractivity (Wildman–Crippen MR) is 119 cm³/mol. The van der Waals surface area contributed by atoms with Gasteiger partial charge in [-0.2, -0.15) is 4.31 Å². The van der Waals surface area contributed by atoms with Crippen molar-refractivity contribution < 1.29 is 22.7 Å². The van der Waals surface area contributed by atoms with Crippen LogP contribution in [0.1, 0.15) is 63.2 Å². The zero-order valence-electron chi connectivity index (χ0n) is 18.3. The smallest absolute Gasteiger partial charge is 0.338 e. The number of sulfonamides is 1. The maximum Gasteiger partial charge on any atom is 0.338 e. The number of esters is 1. The number of nitrogens with zero attached hydrogens (tertiary/aromatic N) is 2. The zero-order valence-corrected chi connectivity index (χ0v) is 19.9. The first-order chi connectivity index (χ1) is 14.6. The number of carbonyl (C=O) groups is 2. The molecule has 3 atom stereocenters. The lowest BCUT2D eigenvalue weighted by atomic mass is 9.97. The molecule has 0 spiro atoms. The summed E-state index contributed by atoms with van der Waals surface area (Å²) in [6.07, 6.45) is 4.70. The molecule has 2 aliphatic heterocycles. The second-order valence-corrected chi connectivity index (χ2v) is 11.1. The van der Waals surface area contributed by atoms with Crippen LogP contribution in [-0.4, -0.2) is 61.3 Å². The molecule has 9 heteroatoms. The minimum Gasteiger partial charge on any atom is -0.452 e. The maximum atomic E-state index is 13.1. The van der Waals surface area contributed by atoms with Gasteiger partial charge in [-0.1, -0.05) is 18.5 Å². The Morgan fingerprint density at radius 2 is 1.77 bits per heavy atom. The minimum atomic E-state index is -3.83. The van der Waals surface area contributed by atoms with Gasteiger partial charge in [0.05, 0.1) is 10.6 Å². The van der Waals surface area contributed by atoms with Gasteiger partial charge in [0.25, 0.3) is 5.91 Å². The number of likely N-dealkylation sites (tertiary alicyclic amines) is 1. The van der Waals surface area contributed by atoms with Crippen molar-refractivity contribution in [3.05, 3.63) is 28.8 Å². The van der Waals surface area contributed by atoms with Crippen LogP contribution in [0.2, 0.25) is 5.02 Å². The Morgan fingerprint density at radius 3 is 2.42 bits per heavy atom. The normalized spacial score (nSPS) is 25.3. The molecule has 0 bridgehead atoms. The molecule has 0 saturated carbocycles. The van der Waals surface area contributed by atoms with Crippen LogP contribution >= 0.6 is 11.6 Å². The molecule has 7 nitrogen and oxygen atoms in total. The molecule has 2 aliphatic rings. The lowest BCUT2D eigenvalue weighted by Crippen LogP contribution is -2.49. The van der Waals surface area contributed by atoms with Crippen molar-refractivity contribution in [3.8, 4) is 0 Å². The van der Waals surface area contributed by atoms with Crippen LogP contribution < -0.4 is 0 Å². The Morgan fingerprint density at radius 1 is 1.10 bits per heavy atom. The molecule has 0 radical (unpaired) electrons. The summed E-state index contributed by atoms with van der Waals surface area (Å²) >= 11 is 6.18. The lowest BCUT2D eigenvalue weighted by molar-refractivity contribution is -0.140. The van der Waals surface area contributed by atoms with Crippen LogP contribution in [-0.2, 0) is 19.6 Å². The Bertz CT molecular complexity index is 926. The summed E-state index contributed by atoms with van der Waals surface area (Å²) in [5.41, 5.74) is 0.0561. The Labute approximate surface area is 189 Å². The van der Waals surface area contributed by atoms with Crippen molar-refractivity contribution in [3.63, 3.8) is 0 Å². The van der Waals surface area contributed by atoms with E-state index in [2.05, 4.69) is 0 Å². The van der Waals surface area contributed by atoms with Gasteiger partial charge in [-0.3, -0.25) is 4.79 Å². The average Bonchev–Trinajstić information content (AvgIpc) is 2.72. The van der Waals surface area contributed by atoms with Crippen molar-refractivity contribution >= 4 is 33.5 Å². The van der Waals surface area contributed by atoms with Crippen molar-refractivity contribution in [2.24, 2.45) is 5.92 Å². The number of piperidine rings is 2. The topological polar surface area (TPSA) is 84.0 Å². The van der Waals surface area contributed by atoms with Crippen molar-refractivity contribution in [1.82, 2.24) is 9.21 Å². The molecule has 0 N–H and O–H groups in total. The van der Waals surface area contributed by atoms with Crippen molar-refractivity contribution in [1.29, 1.82) is 0 Å². The highest BCUT2D eigenvalue weighted by atomic mass is 35.5. The standard InChI is InChI=1S/C22H31ClN2O5S/c1-15-6-5-11-24(13-15)31(28,29)20-12-18(9-10-19(20)23)22(27)30-14-21(26)25-16(2)7-4-8-17(25)3/h9-10,12,15-17H,4-8,11,13-14H2,1-3H3. The van der Waals surface area contributed by atoms with Gasteiger partial charge in [-0.15, -0.1) is 0 Å². The van der Waals surface area contributed by atoms with Crippen LogP contribution in [0.15, 0.2) is 23.1 Å². The molecular formula is C22H31ClN2O5S. The monoisotopic (exact) mass is 470 g/mol. The van der Waals surface area contributed by atoms with E-state index in [-0.39, 0.29) is 46.0 Å². The van der Waals surface area contributed by atoms with E-state index in [0.717, 1.165) is 32.1 Å². The van der Waals surface area contributed by atoms with Gasteiger partial charge in [0, 0.05) is 25.2 Å². The fourth-order valence-electron chi connectivity index (χ4n) is 4.53. The number of rotatable bonds is 5. The average molecular weight is 471 g/mol. The van der Waals surface area contributed by atoms with Gasteiger partial charge in [-0.25, -0.2) is 13.2 Å². The molecule has 1 aromatic rings. The molecule has 3 rings (SSSR count). The molecular weight excluding hydrogens is 440 g/mol. The van der Waals surface area contributed by atoms with Crippen LogP contribution in [0.5, 0.6) is 0 Å². The molecule has 3 unspecified atom stereocenters. The van der Waals surface area contributed by atoms with Gasteiger partial charge in [0.15, 0.2) is 6.61 Å². The highest BCUT2D eigenvalue weighted by molar-refractivity contribution is 7.89. The van der Waals surface area contributed by atoms with E-state index >= 15 is 0 Å². The van der Waals surface area contributed by atoms with E-state index in [1.165, 1.54) is 22.5 Å². The minimum absolute atomic E-state index is 0.0561. The Kier molecular flexibility index (Phi) is 7.65. The van der Waals surface area contributed by atoms with E-state index < -0.39 is 16.0 Å². The summed E-state index contributed by atoms with van der Waals surface area (Å²) in [6, 6.07) is 4.26. The number of halogens is 1. The van der Waals surface area contributed by atoms with Gasteiger partial charge in [0.2, 0.25) is 10.0 Å². The first-order valence-corrected chi connectivity index (χ1v) is 12.7. The van der Waals surface area contributed by atoms with Crippen LogP contribution in [0.3, 0.4) is 0 Å². The fraction of sp³-hybridized carbons (Fsp3) is 0.636. The third-order valence-corrected chi connectivity index (χ3v) is 8.56. The Balaban J connectivity index is 1.72. The van der Waals surface area contributed by atoms with Gasteiger partial charge in [-0.05, 0) is 70.1 Å². The number of hydrogen-bond donors (Lipinski definition) is 0. The van der Waals surface area contributed by atoms with Gasteiger partial charge >= 0.3 is 5.97 Å². The molecule has 1 amide bonds. The first-order valence-electron chi connectivity index (χ1n) is 10.9. The van der Waals surface area contributed by atoms with E-state index in [1.807, 2.05) is 20.8 Å². The van der Waals surface area contributed by atoms with Crippen molar-refractivity contribution in [2.45, 2.75) is 69.9 Å². The second-order valence-electron chi connectivity index (χ2n) is 8.76. The molecule has 2 heterocycles. The third-order valence-electron chi connectivity index (χ3n) is 6.21. The maximum absolute atomic E-state index is 13.1. The summed E-state index contributed by atoms with van der Waals surface area (Å²) in [5.74, 6) is -0.719. The highest BCUT2D eigenvalue weighted by Gasteiger charge is 2.32. The largest absolute Gasteiger partial charge is 0.452 e. The van der Waals surface area contributed by atoms with Crippen molar-refractivity contribution in [2.75, 3.05) is 19.7 Å². The highest BCUT2D eigenvalue weighted by Crippen LogP contribution is 2.29. The molecule has 0 aliphatic carbocycles. The lowest BCUT2D eigenvalue weighted by Gasteiger charge is -2.38. The summed E-state index contributed by atoms with van der Waals surface area (Å²) < 4.78 is 32.8. The van der Waals surface area contributed by atoms with Crippen LogP contribution in [0, 0.1) is 5.92 Å². The van der Waals surface area contributed by atoms with E-state index in [0.29, 0.717) is 13.1 Å². The number of ether oxygens (including phenoxy) is 1. The van der Waals surface area contributed by atoms with Gasteiger partial charge in [0.1, 0.15) is 4.90 Å². The number of carbonyl (C=O) groups excluding carboxylic acids is 2. The predicted octanol–water partition coefficient (Wildman–Crippen LogP) is 3.71. The zero-order chi connectivity index (χ0) is 22.8. The SMILES string of the molecule is CC1CCCN(S(=O)(=O)c2cc(C(=O)OCC(=O)N3C(C)CCCC3C)ccc2Cl)C1. The summed E-state index contributed by atoms with van der Waals surface area (Å²) in [4.78, 5) is 26.8. The fourth-order valence-corrected chi connectivity index (χ4v) is 6.63. The van der Waals surface area contributed by atoms with Crippen LogP contribution in [0.4, 0.5) is 0 Å². The summed E-state index contributed by atoms with van der Waals surface area (Å²) in [6.45, 7) is 6.48. The van der Waals surface area contributed by atoms with E-state index in [4.69, 9.17) is 16.3 Å². The first kappa shape index (κ1) is 24.0.